The van der Waals surface area contributed by atoms with Crippen molar-refractivity contribution in [2.75, 3.05) is 0 Å². The van der Waals surface area contributed by atoms with Crippen LogP contribution in [0.1, 0.15) is 64.7 Å². The molecule has 0 aliphatic carbocycles. The van der Waals surface area contributed by atoms with Gasteiger partial charge in [0.1, 0.15) is 5.97 Å². The highest BCUT2D eigenvalue weighted by molar-refractivity contribution is 5.72. The van der Waals surface area contributed by atoms with Gasteiger partial charge in [0.25, 0.3) is 0 Å². The van der Waals surface area contributed by atoms with Crippen molar-refractivity contribution in [3.8, 4) is 0 Å². The van der Waals surface area contributed by atoms with E-state index in [1.165, 1.54) is 25.7 Å². The van der Waals surface area contributed by atoms with Crippen LogP contribution in [0.2, 0.25) is 0 Å². The molecule has 0 aromatic carbocycles. The minimum atomic E-state index is -2.65. The second-order valence-electron chi connectivity index (χ2n) is 4.33. The van der Waals surface area contributed by atoms with Gasteiger partial charge in [0.2, 0.25) is 5.79 Å². The number of carbonyl (C=O) groups is 1. The number of hydrogen-bond acceptors (Lipinski definition) is 4. The van der Waals surface area contributed by atoms with E-state index in [1.807, 2.05) is 0 Å². The molecule has 0 aromatic heterocycles. The molecule has 0 rings (SSSR count). The van der Waals surface area contributed by atoms with Crippen molar-refractivity contribution in [3.05, 3.63) is 0 Å². The predicted octanol–water partition coefficient (Wildman–Crippen LogP) is 1.32. The van der Waals surface area contributed by atoms with Crippen molar-refractivity contribution in [3.63, 3.8) is 0 Å². The maximum Gasteiger partial charge on any atom is 0.204 e. The summed E-state index contributed by atoms with van der Waals surface area (Å²) in [6, 6.07) is 0. The Morgan fingerprint density at radius 2 is 1.41 bits per heavy atom. The van der Waals surface area contributed by atoms with E-state index in [9.17, 15) is 9.90 Å². The number of carboxylic acids is 1. The van der Waals surface area contributed by atoms with Gasteiger partial charge in [-0.15, -0.1) is 0 Å². The molecule has 0 aliphatic heterocycles. The predicted molar refractivity (Wildman–Crippen MR) is 65.4 cm³/mol. The van der Waals surface area contributed by atoms with Gasteiger partial charge in [-0.25, -0.2) is 0 Å². The SMILES string of the molecule is CCCCCCCCCCC(O)(O)C(=O)[O-].[NH4+]. The maximum absolute atomic E-state index is 10.2. The zero-order chi connectivity index (χ0) is 12.4. The van der Waals surface area contributed by atoms with Crippen LogP contribution in [0.15, 0.2) is 0 Å². The average molecular weight is 249 g/mol. The second-order valence-corrected chi connectivity index (χ2v) is 4.33. The van der Waals surface area contributed by atoms with Crippen LogP contribution >= 0.6 is 0 Å². The molecule has 0 bridgehead atoms. The summed E-state index contributed by atoms with van der Waals surface area (Å²) < 4.78 is 0. The Hall–Kier alpha value is -0.650. The fourth-order valence-electron chi connectivity index (χ4n) is 1.61. The molecule has 6 N–H and O–H groups in total. The molecule has 0 spiro atoms. The molecule has 0 heterocycles. The summed E-state index contributed by atoms with van der Waals surface area (Å²) in [5, 5.41) is 28.2. The van der Waals surface area contributed by atoms with E-state index in [-0.39, 0.29) is 12.6 Å². The number of hydrogen-bond donors (Lipinski definition) is 3. The van der Waals surface area contributed by atoms with Gasteiger partial charge in [-0.1, -0.05) is 51.9 Å². The second kappa shape index (κ2) is 10.5. The van der Waals surface area contributed by atoms with Crippen LogP contribution in [0.4, 0.5) is 0 Å². The molecule has 0 saturated heterocycles. The Morgan fingerprint density at radius 3 is 1.82 bits per heavy atom. The molecule has 0 atom stereocenters. The summed E-state index contributed by atoms with van der Waals surface area (Å²) in [6.45, 7) is 2.17. The third-order valence-electron chi connectivity index (χ3n) is 2.71. The molecule has 5 heteroatoms. The molecule has 0 saturated carbocycles. The quantitative estimate of drug-likeness (QED) is 0.400. The van der Waals surface area contributed by atoms with Gasteiger partial charge >= 0.3 is 0 Å². The highest BCUT2D eigenvalue weighted by atomic mass is 16.5. The standard InChI is InChI=1S/C12H24O4.H3N/c1-2-3-4-5-6-7-8-9-10-12(15,16)11(13)14;/h15-16H,2-10H2,1H3,(H,13,14);1H3. The van der Waals surface area contributed by atoms with E-state index in [2.05, 4.69) is 6.92 Å². The lowest BCUT2D eigenvalue weighted by atomic mass is 10.0. The summed E-state index contributed by atoms with van der Waals surface area (Å²) in [6.07, 6.45) is 8.30. The first kappa shape index (κ1) is 18.7. The molecule has 0 aliphatic rings. The summed E-state index contributed by atoms with van der Waals surface area (Å²) >= 11 is 0. The zero-order valence-electron chi connectivity index (χ0n) is 11.1. The first-order valence-electron chi connectivity index (χ1n) is 6.17. The number of aliphatic hydroxyl groups is 2. The van der Waals surface area contributed by atoms with Crippen molar-refractivity contribution in [2.24, 2.45) is 0 Å². The van der Waals surface area contributed by atoms with Gasteiger partial charge in [0.15, 0.2) is 0 Å². The topological polar surface area (TPSA) is 117 Å². The fourth-order valence-corrected chi connectivity index (χ4v) is 1.61. The molecule has 17 heavy (non-hydrogen) atoms. The summed E-state index contributed by atoms with van der Waals surface area (Å²) in [5.74, 6) is -4.46. The molecule has 0 unspecified atom stereocenters. The number of carboxylic acid groups (broad SMARTS) is 1. The number of rotatable bonds is 10. The van der Waals surface area contributed by atoms with Gasteiger partial charge in [0.05, 0.1) is 0 Å². The van der Waals surface area contributed by atoms with Crippen molar-refractivity contribution in [1.82, 2.24) is 6.15 Å². The van der Waals surface area contributed by atoms with Crippen LogP contribution in [0, 0.1) is 0 Å². The Kier molecular flexibility index (Phi) is 11.6. The van der Waals surface area contributed by atoms with Crippen molar-refractivity contribution in [2.45, 2.75) is 70.5 Å². The highest BCUT2D eigenvalue weighted by Crippen LogP contribution is 2.14. The first-order valence-corrected chi connectivity index (χ1v) is 6.17. The van der Waals surface area contributed by atoms with Crippen LogP contribution in [-0.4, -0.2) is 22.0 Å². The fraction of sp³-hybridized carbons (Fsp3) is 0.917. The van der Waals surface area contributed by atoms with Gasteiger partial charge in [-0.3, -0.25) is 0 Å². The molecule has 0 amide bonds. The van der Waals surface area contributed by atoms with Crippen molar-refractivity contribution >= 4 is 5.97 Å². The van der Waals surface area contributed by atoms with Crippen LogP contribution in [-0.2, 0) is 4.79 Å². The maximum atomic E-state index is 10.2. The number of aliphatic carboxylic acids is 1. The van der Waals surface area contributed by atoms with Gasteiger partial charge in [0, 0.05) is 6.42 Å². The molecule has 5 nitrogen and oxygen atoms in total. The molecular formula is C12H27NO4. The minimum Gasteiger partial charge on any atom is -0.544 e. The first-order chi connectivity index (χ1) is 7.50. The molecule has 0 radical (unpaired) electrons. The van der Waals surface area contributed by atoms with Crippen molar-refractivity contribution in [1.29, 1.82) is 0 Å². The molecular weight excluding hydrogens is 222 g/mol. The normalized spacial score (nSPS) is 11.0. The zero-order valence-corrected chi connectivity index (χ0v) is 11.1. The Morgan fingerprint density at radius 1 is 1.00 bits per heavy atom. The molecule has 0 fully saturated rings. The smallest absolute Gasteiger partial charge is 0.204 e. The number of carbonyl (C=O) groups excluding carboxylic acids is 1. The lowest BCUT2D eigenvalue weighted by Crippen LogP contribution is -2.48. The van der Waals surface area contributed by atoms with E-state index in [0.29, 0.717) is 6.42 Å². The van der Waals surface area contributed by atoms with Crippen LogP contribution in [0.5, 0.6) is 0 Å². The Balaban J connectivity index is 0. The van der Waals surface area contributed by atoms with Gasteiger partial charge < -0.3 is 26.3 Å². The highest BCUT2D eigenvalue weighted by Gasteiger charge is 2.23. The summed E-state index contributed by atoms with van der Waals surface area (Å²) in [4.78, 5) is 10.2. The van der Waals surface area contributed by atoms with E-state index in [1.54, 1.807) is 0 Å². The van der Waals surface area contributed by atoms with Gasteiger partial charge in [-0.05, 0) is 6.42 Å². The molecule has 104 valence electrons. The van der Waals surface area contributed by atoms with Crippen LogP contribution < -0.4 is 11.3 Å². The largest absolute Gasteiger partial charge is 0.544 e. The Bertz CT molecular complexity index is 195. The Labute approximate surface area is 103 Å². The van der Waals surface area contributed by atoms with Crippen molar-refractivity contribution < 1.29 is 20.1 Å². The third kappa shape index (κ3) is 10.2. The summed E-state index contributed by atoms with van der Waals surface area (Å²) in [7, 11) is 0. The lowest BCUT2D eigenvalue weighted by Gasteiger charge is -2.22. The van der Waals surface area contributed by atoms with E-state index >= 15 is 0 Å². The third-order valence-corrected chi connectivity index (χ3v) is 2.71. The average Bonchev–Trinajstić information content (AvgIpc) is 2.21. The van der Waals surface area contributed by atoms with Crippen LogP contribution in [0.25, 0.3) is 0 Å². The van der Waals surface area contributed by atoms with E-state index in [4.69, 9.17) is 10.2 Å². The van der Waals surface area contributed by atoms with Crippen LogP contribution in [0.3, 0.4) is 0 Å². The molecule has 0 aromatic rings. The van der Waals surface area contributed by atoms with E-state index < -0.39 is 11.8 Å². The van der Waals surface area contributed by atoms with E-state index in [0.717, 1.165) is 19.3 Å². The number of quaternary nitrogens is 1. The summed E-state index contributed by atoms with van der Waals surface area (Å²) in [5.41, 5.74) is 0. The minimum absolute atomic E-state index is 0. The lowest BCUT2D eigenvalue weighted by molar-refractivity contribution is -0.347. The monoisotopic (exact) mass is 249 g/mol. The number of unbranched alkanes of at least 4 members (excludes halogenated alkanes) is 7. The van der Waals surface area contributed by atoms with Gasteiger partial charge in [-0.2, -0.15) is 0 Å².